The summed E-state index contributed by atoms with van der Waals surface area (Å²) < 4.78 is 20.4. The maximum Gasteiger partial charge on any atom is 0.247 e. The highest BCUT2D eigenvalue weighted by Gasteiger charge is 2.40. The van der Waals surface area contributed by atoms with E-state index in [9.17, 15) is 19.1 Å². The zero-order valence-corrected chi connectivity index (χ0v) is 22.3. The van der Waals surface area contributed by atoms with Gasteiger partial charge in [-0.05, 0) is 72.3 Å². The Labute approximate surface area is 223 Å². The number of amides is 2. The van der Waals surface area contributed by atoms with E-state index in [0.29, 0.717) is 16.9 Å². The lowest BCUT2D eigenvalue weighted by Gasteiger charge is -2.40. The zero-order chi connectivity index (χ0) is 26.2. The lowest BCUT2D eigenvalue weighted by molar-refractivity contribution is -0.134. The van der Waals surface area contributed by atoms with E-state index in [1.54, 1.807) is 38.1 Å². The van der Waals surface area contributed by atoms with Gasteiger partial charge >= 0.3 is 0 Å². The molecule has 0 heterocycles. The van der Waals surface area contributed by atoms with Crippen molar-refractivity contribution in [3.05, 3.63) is 86.8 Å². The highest BCUT2D eigenvalue weighted by atomic mass is 127. The number of ether oxygens (including phenoxy) is 1. The number of benzene rings is 2. The van der Waals surface area contributed by atoms with Crippen LogP contribution in [0, 0.1) is 9.39 Å². The third-order valence-corrected chi connectivity index (χ3v) is 6.57. The summed E-state index contributed by atoms with van der Waals surface area (Å²) in [5.74, 6) is -0.604. The fourth-order valence-corrected chi connectivity index (χ4v) is 4.46. The van der Waals surface area contributed by atoms with Gasteiger partial charge in [0, 0.05) is 31.2 Å². The van der Waals surface area contributed by atoms with Gasteiger partial charge in [0.25, 0.3) is 0 Å². The largest absolute Gasteiger partial charge is 0.482 e. The number of allylic oxidation sites excluding steroid dienone is 1. The van der Waals surface area contributed by atoms with Crippen molar-refractivity contribution in [1.29, 1.82) is 0 Å². The summed E-state index contributed by atoms with van der Waals surface area (Å²) in [6, 6.07) is 12.3. The van der Waals surface area contributed by atoms with Gasteiger partial charge in [-0.1, -0.05) is 29.8 Å². The number of rotatable bonds is 9. The van der Waals surface area contributed by atoms with Crippen LogP contribution in [0.5, 0.6) is 5.75 Å². The first-order valence-corrected chi connectivity index (χ1v) is 12.7. The van der Waals surface area contributed by atoms with Gasteiger partial charge in [0.1, 0.15) is 23.8 Å². The minimum Gasteiger partial charge on any atom is -0.482 e. The fraction of sp³-hybridized carbons (Fsp3) is 0.333. The van der Waals surface area contributed by atoms with Crippen LogP contribution in [-0.4, -0.2) is 58.3 Å². The number of para-hydroxylation sites is 1. The molecule has 36 heavy (non-hydrogen) atoms. The third-order valence-electron chi connectivity index (χ3n) is 5.68. The molecule has 0 saturated heterocycles. The van der Waals surface area contributed by atoms with Crippen LogP contribution in [0.3, 0.4) is 0 Å². The molecule has 1 aliphatic carbocycles. The maximum absolute atomic E-state index is 13.5. The molecule has 9 heteroatoms. The molecule has 0 aliphatic heterocycles. The Balaban J connectivity index is 2.00. The van der Waals surface area contributed by atoms with Crippen LogP contribution < -0.4 is 10.1 Å². The molecule has 192 valence electrons. The van der Waals surface area contributed by atoms with Crippen LogP contribution >= 0.6 is 22.6 Å². The van der Waals surface area contributed by atoms with Crippen molar-refractivity contribution < 1.29 is 28.9 Å². The number of carbonyl (C=O) groups excluding carboxylic acids is 2. The first-order valence-electron chi connectivity index (χ1n) is 11.6. The summed E-state index contributed by atoms with van der Waals surface area (Å²) in [6.07, 6.45) is 1.05. The summed E-state index contributed by atoms with van der Waals surface area (Å²) in [5.41, 5.74) is 1.79. The lowest BCUT2D eigenvalue weighted by Crippen LogP contribution is -2.54. The second kappa shape index (κ2) is 13.0. The van der Waals surface area contributed by atoms with Crippen molar-refractivity contribution in [2.75, 3.05) is 13.2 Å². The van der Waals surface area contributed by atoms with Crippen LogP contribution in [0.25, 0.3) is 0 Å². The van der Waals surface area contributed by atoms with Crippen LogP contribution in [0.1, 0.15) is 25.8 Å². The van der Waals surface area contributed by atoms with Gasteiger partial charge in [0.2, 0.25) is 11.8 Å². The molecule has 0 aromatic heterocycles. The predicted octanol–water partition coefficient (Wildman–Crippen LogP) is 3.34. The molecule has 2 aromatic carbocycles. The number of carbonyl (C=O) groups is 2. The van der Waals surface area contributed by atoms with E-state index in [4.69, 9.17) is 9.84 Å². The minimum atomic E-state index is -1.15. The quantitative estimate of drug-likeness (QED) is 0.300. The van der Waals surface area contributed by atoms with Crippen molar-refractivity contribution in [3.63, 3.8) is 0 Å². The Morgan fingerprint density at radius 3 is 2.53 bits per heavy atom. The van der Waals surface area contributed by atoms with Gasteiger partial charge in [0.15, 0.2) is 0 Å². The van der Waals surface area contributed by atoms with E-state index in [1.807, 2.05) is 18.2 Å². The summed E-state index contributed by atoms with van der Waals surface area (Å²) in [4.78, 5) is 27.7. The molecule has 3 rings (SSSR count). The molecule has 3 unspecified atom stereocenters. The lowest BCUT2D eigenvalue weighted by atomic mass is 9.87. The van der Waals surface area contributed by atoms with Crippen molar-refractivity contribution in [2.24, 2.45) is 0 Å². The van der Waals surface area contributed by atoms with Crippen molar-refractivity contribution in [1.82, 2.24) is 10.2 Å². The molecule has 2 aromatic rings. The number of aliphatic hydroxyl groups is 2. The van der Waals surface area contributed by atoms with Gasteiger partial charge in [-0.2, -0.15) is 0 Å². The molecule has 0 bridgehead atoms. The molecule has 0 saturated carbocycles. The average molecular weight is 608 g/mol. The summed E-state index contributed by atoms with van der Waals surface area (Å²) in [5, 5.41) is 23.2. The summed E-state index contributed by atoms with van der Waals surface area (Å²) >= 11 is 2.12. The second-order valence-electron chi connectivity index (χ2n) is 8.76. The van der Waals surface area contributed by atoms with E-state index < -0.39 is 30.0 Å². The zero-order valence-electron chi connectivity index (χ0n) is 20.2. The standard InChI is InChI=1S/C27H30FIN2O5/c1-17(2)13-25(33)31(16-18-7-9-20(28)10-8-18)22-14-19(27(35)30-11-12-32)15-24(26(22)34)36-23-6-4-3-5-21(23)29/h3-10,13,15,22,24,26,32,34H,11-12,14,16H2,1-2H3,(H,30,35). The molecule has 0 fully saturated rings. The van der Waals surface area contributed by atoms with Gasteiger partial charge < -0.3 is 25.2 Å². The number of halogens is 2. The van der Waals surface area contributed by atoms with Crippen molar-refractivity contribution >= 4 is 34.4 Å². The SMILES string of the molecule is CC(C)=CC(=O)N(Cc1ccc(F)cc1)C1CC(C(=O)NCCO)=CC(Oc2ccccc2I)C1O. The Morgan fingerprint density at radius 2 is 1.89 bits per heavy atom. The minimum absolute atomic E-state index is 0.0709. The topological polar surface area (TPSA) is 99.1 Å². The normalized spacial score (nSPS) is 19.2. The molecule has 1 aliphatic rings. The number of aliphatic hydroxyl groups excluding tert-OH is 2. The maximum atomic E-state index is 13.5. The van der Waals surface area contributed by atoms with Gasteiger partial charge in [-0.3, -0.25) is 9.59 Å². The van der Waals surface area contributed by atoms with Crippen LogP contribution in [0.4, 0.5) is 4.39 Å². The summed E-state index contributed by atoms with van der Waals surface area (Å²) in [7, 11) is 0. The second-order valence-corrected chi connectivity index (χ2v) is 9.92. The molecule has 3 N–H and O–H groups in total. The molecule has 3 atom stereocenters. The van der Waals surface area contributed by atoms with E-state index in [2.05, 4.69) is 27.9 Å². The first-order chi connectivity index (χ1) is 17.2. The Morgan fingerprint density at radius 1 is 1.19 bits per heavy atom. The molecule has 2 amide bonds. The Kier molecular flexibility index (Phi) is 10.0. The van der Waals surface area contributed by atoms with Gasteiger partial charge in [-0.25, -0.2) is 4.39 Å². The Hall–Kier alpha value is -2.76. The van der Waals surface area contributed by atoms with Crippen LogP contribution in [0.2, 0.25) is 0 Å². The highest BCUT2D eigenvalue weighted by Crippen LogP contribution is 2.30. The van der Waals surface area contributed by atoms with Crippen LogP contribution in [-0.2, 0) is 16.1 Å². The van der Waals surface area contributed by atoms with E-state index in [-0.39, 0.29) is 32.0 Å². The monoisotopic (exact) mass is 608 g/mol. The first kappa shape index (κ1) is 27.8. The number of nitrogens with zero attached hydrogens (tertiary/aromatic N) is 1. The van der Waals surface area contributed by atoms with Crippen molar-refractivity contribution in [2.45, 2.75) is 45.1 Å². The highest BCUT2D eigenvalue weighted by molar-refractivity contribution is 14.1. The predicted molar refractivity (Wildman–Crippen MR) is 143 cm³/mol. The summed E-state index contributed by atoms with van der Waals surface area (Å²) in [6.45, 7) is 3.54. The number of hydrogen-bond acceptors (Lipinski definition) is 5. The van der Waals surface area contributed by atoms with Crippen LogP contribution in [0.15, 0.2) is 71.8 Å². The van der Waals surface area contributed by atoms with E-state index in [0.717, 1.165) is 9.14 Å². The van der Waals surface area contributed by atoms with Crippen molar-refractivity contribution in [3.8, 4) is 5.75 Å². The molecule has 7 nitrogen and oxygen atoms in total. The van der Waals surface area contributed by atoms with E-state index >= 15 is 0 Å². The van der Waals surface area contributed by atoms with Gasteiger partial charge in [0.05, 0.1) is 16.2 Å². The third kappa shape index (κ3) is 7.37. The molecular weight excluding hydrogens is 578 g/mol. The smallest absolute Gasteiger partial charge is 0.247 e. The average Bonchev–Trinajstić information content (AvgIpc) is 2.84. The number of hydrogen-bond donors (Lipinski definition) is 3. The molecular formula is C27H30FIN2O5. The van der Waals surface area contributed by atoms with Gasteiger partial charge in [-0.15, -0.1) is 0 Å². The number of nitrogens with one attached hydrogen (secondary N) is 1. The van der Waals surface area contributed by atoms with E-state index in [1.165, 1.54) is 23.1 Å². The fourth-order valence-electron chi connectivity index (χ4n) is 3.94. The molecule has 0 spiro atoms. The Bertz CT molecular complexity index is 1130. The molecule has 0 radical (unpaired) electrons.